The van der Waals surface area contributed by atoms with Crippen molar-refractivity contribution in [2.45, 2.75) is 13.5 Å². The molecule has 0 aliphatic rings. The van der Waals surface area contributed by atoms with Crippen molar-refractivity contribution in [3.05, 3.63) is 88.5 Å². The number of oxazole rings is 1. The zero-order valence-electron chi connectivity index (χ0n) is 15.1. The molecule has 0 saturated carbocycles. The molecule has 0 atom stereocenters. The minimum Gasteiger partial charge on any atom is -0.441 e. The molecule has 0 fully saturated rings. The monoisotopic (exact) mass is 436 g/mol. The average molecular weight is 437 g/mol. The Kier molecular flexibility index (Phi) is 5.08. The highest BCUT2D eigenvalue weighted by Crippen LogP contribution is 2.24. The maximum atomic E-state index is 12.3. The average Bonchev–Trinajstić information content (AvgIpc) is 3.33. The second-order valence-electron chi connectivity index (χ2n) is 6.27. The number of rotatable bonds is 5. The summed E-state index contributed by atoms with van der Waals surface area (Å²) in [7, 11) is 0. The van der Waals surface area contributed by atoms with Gasteiger partial charge in [-0.3, -0.25) is 9.48 Å². The van der Waals surface area contributed by atoms with Gasteiger partial charge in [-0.25, -0.2) is 4.98 Å². The van der Waals surface area contributed by atoms with Crippen LogP contribution in [-0.2, 0) is 6.54 Å². The predicted octanol–water partition coefficient (Wildman–Crippen LogP) is 4.91. The van der Waals surface area contributed by atoms with E-state index < -0.39 is 0 Å². The molecule has 0 unspecified atom stereocenters. The minimum atomic E-state index is -0.164. The quantitative estimate of drug-likeness (QED) is 0.482. The molecule has 0 aliphatic carbocycles. The van der Waals surface area contributed by atoms with Crippen LogP contribution in [0.4, 0.5) is 5.69 Å². The van der Waals surface area contributed by atoms with Crippen LogP contribution in [0.2, 0.25) is 0 Å². The number of carbonyl (C=O) groups excluding carboxylic acids is 1. The first-order chi connectivity index (χ1) is 13.6. The normalized spacial score (nSPS) is 10.8. The third-order valence-corrected chi connectivity index (χ3v) is 4.73. The molecule has 28 heavy (non-hydrogen) atoms. The molecule has 2 aromatic heterocycles. The van der Waals surface area contributed by atoms with Crippen molar-refractivity contribution >= 4 is 27.5 Å². The molecule has 0 bridgehead atoms. The van der Waals surface area contributed by atoms with Crippen molar-refractivity contribution in [1.82, 2.24) is 14.8 Å². The molecule has 6 nitrogen and oxygen atoms in total. The Hall–Kier alpha value is -3.19. The van der Waals surface area contributed by atoms with E-state index in [1.165, 1.54) is 0 Å². The summed E-state index contributed by atoms with van der Waals surface area (Å²) in [5.41, 5.74) is 2.97. The van der Waals surface area contributed by atoms with Crippen LogP contribution in [0.1, 0.15) is 21.8 Å². The van der Waals surface area contributed by atoms with Gasteiger partial charge >= 0.3 is 0 Å². The molecule has 0 saturated heterocycles. The van der Waals surface area contributed by atoms with Crippen molar-refractivity contribution < 1.29 is 9.21 Å². The highest BCUT2D eigenvalue weighted by atomic mass is 79.9. The standard InChI is InChI=1S/C21H17BrN4O2/c1-14-19(13-26-11-3-10-23-26)25-21(28-14)15-6-8-18(9-7-15)24-20(27)16-4-2-5-17(22)12-16/h2-12H,13H2,1H3,(H,24,27). The molecule has 2 heterocycles. The molecule has 4 rings (SSSR count). The Bertz CT molecular complexity index is 1100. The molecular weight excluding hydrogens is 420 g/mol. The van der Waals surface area contributed by atoms with Gasteiger partial charge in [0.2, 0.25) is 5.89 Å². The Morgan fingerprint density at radius 3 is 2.71 bits per heavy atom. The van der Waals surface area contributed by atoms with Gasteiger partial charge in [0.25, 0.3) is 5.91 Å². The van der Waals surface area contributed by atoms with Gasteiger partial charge in [0.1, 0.15) is 11.5 Å². The van der Waals surface area contributed by atoms with Crippen molar-refractivity contribution in [2.24, 2.45) is 0 Å². The number of amides is 1. The van der Waals surface area contributed by atoms with Gasteiger partial charge in [-0.1, -0.05) is 22.0 Å². The SMILES string of the molecule is Cc1oc(-c2ccc(NC(=O)c3cccc(Br)c3)cc2)nc1Cn1cccn1. The van der Waals surface area contributed by atoms with E-state index in [-0.39, 0.29) is 5.91 Å². The minimum absolute atomic E-state index is 0.164. The summed E-state index contributed by atoms with van der Waals surface area (Å²) in [5.74, 6) is 1.14. The van der Waals surface area contributed by atoms with Crippen molar-refractivity contribution in [1.29, 1.82) is 0 Å². The molecule has 140 valence electrons. The molecule has 1 N–H and O–H groups in total. The molecule has 0 aliphatic heterocycles. The summed E-state index contributed by atoms with van der Waals surface area (Å²) >= 11 is 3.37. The molecule has 7 heteroatoms. The Balaban J connectivity index is 1.48. The smallest absolute Gasteiger partial charge is 0.255 e. The van der Waals surface area contributed by atoms with Gasteiger partial charge in [0.15, 0.2) is 0 Å². The number of halogens is 1. The summed E-state index contributed by atoms with van der Waals surface area (Å²) in [6, 6.07) is 16.5. The molecule has 0 radical (unpaired) electrons. The second-order valence-corrected chi connectivity index (χ2v) is 7.18. The molecule has 4 aromatic rings. The lowest BCUT2D eigenvalue weighted by atomic mass is 10.2. The van der Waals surface area contributed by atoms with Gasteiger partial charge in [-0.15, -0.1) is 0 Å². The number of aryl methyl sites for hydroxylation is 1. The number of carbonyl (C=O) groups is 1. The summed E-state index contributed by atoms with van der Waals surface area (Å²) in [4.78, 5) is 16.9. The first-order valence-electron chi connectivity index (χ1n) is 8.69. The number of hydrogen-bond acceptors (Lipinski definition) is 4. The first kappa shape index (κ1) is 18.2. The van der Waals surface area contributed by atoms with E-state index in [1.807, 2.05) is 55.6 Å². The lowest BCUT2D eigenvalue weighted by Gasteiger charge is -2.06. The van der Waals surface area contributed by atoms with Crippen LogP contribution in [0.3, 0.4) is 0 Å². The first-order valence-corrected chi connectivity index (χ1v) is 9.49. The van der Waals surface area contributed by atoms with E-state index in [0.29, 0.717) is 23.7 Å². The summed E-state index contributed by atoms with van der Waals surface area (Å²) in [5, 5.41) is 7.08. The molecule has 1 amide bonds. The highest BCUT2D eigenvalue weighted by molar-refractivity contribution is 9.10. The van der Waals surface area contributed by atoms with Crippen LogP contribution in [0.5, 0.6) is 0 Å². The molecule has 2 aromatic carbocycles. The fourth-order valence-corrected chi connectivity index (χ4v) is 3.17. The number of benzene rings is 2. The molecular formula is C21H17BrN4O2. The topological polar surface area (TPSA) is 73.0 Å². The summed E-state index contributed by atoms with van der Waals surface area (Å²) < 4.78 is 8.47. The van der Waals surface area contributed by atoms with E-state index in [1.54, 1.807) is 23.0 Å². The maximum absolute atomic E-state index is 12.3. The Morgan fingerprint density at radius 2 is 2.00 bits per heavy atom. The van der Waals surface area contributed by atoms with Gasteiger partial charge in [0.05, 0.1) is 6.54 Å². The number of aromatic nitrogens is 3. The number of nitrogens with one attached hydrogen (secondary N) is 1. The van der Waals surface area contributed by atoms with Gasteiger partial charge in [-0.05, 0) is 55.5 Å². The van der Waals surface area contributed by atoms with Crippen molar-refractivity contribution in [3.63, 3.8) is 0 Å². The highest BCUT2D eigenvalue weighted by Gasteiger charge is 2.13. The van der Waals surface area contributed by atoms with E-state index in [2.05, 4.69) is 31.3 Å². The van der Waals surface area contributed by atoms with E-state index >= 15 is 0 Å². The van der Waals surface area contributed by atoms with Crippen LogP contribution in [0.15, 0.2) is 75.9 Å². The van der Waals surface area contributed by atoms with Crippen molar-refractivity contribution in [2.75, 3.05) is 5.32 Å². The van der Waals surface area contributed by atoms with Crippen LogP contribution in [0.25, 0.3) is 11.5 Å². The summed E-state index contributed by atoms with van der Waals surface area (Å²) in [6.07, 6.45) is 3.62. The zero-order valence-corrected chi connectivity index (χ0v) is 16.7. The fraction of sp³-hybridized carbons (Fsp3) is 0.0952. The fourth-order valence-electron chi connectivity index (χ4n) is 2.77. The van der Waals surface area contributed by atoms with E-state index in [0.717, 1.165) is 21.5 Å². The third kappa shape index (κ3) is 4.04. The Morgan fingerprint density at radius 1 is 1.18 bits per heavy atom. The number of hydrogen-bond donors (Lipinski definition) is 1. The van der Waals surface area contributed by atoms with Crippen LogP contribution in [-0.4, -0.2) is 20.7 Å². The van der Waals surface area contributed by atoms with Gasteiger partial charge in [0, 0.05) is 33.7 Å². The van der Waals surface area contributed by atoms with Crippen LogP contribution in [0, 0.1) is 6.92 Å². The Labute approximate surface area is 170 Å². The lowest BCUT2D eigenvalue weighted by molar-refractivity contribution is 0.102. The molecule has 0 spiro atoms. The van der Waals surface area contributed by atoms with E-state index in [4.69, 9.17) is 4.42 Å². The van der Waals surface area contributed by atoms with Gasteiger partial charge in [-0.2, -0.15) is 5.10 Å². The largest absolute Gasteiger partial charge is 0.441 e. The van der Waals surface area contributed by atoms with Crippen molar-refractivity contribution in [3.8, 4) is 11.5 Å². The van der Waals surface area contributed by atoms with Crippen LogP contribution < -0.4 is 5.32 Å². The lowest BCUT2D eigenvalue weighted by Crippen LogP contribution is -2.11. The van der Waals surface area contributed by atoms with Gasteiger partial charge < -0.3 is 9.73 Å². The number of anilines is 1. The zero-order chi connectivity index (χ0) is 19.5. The van der Waals surface area contributed by atoms with E-state index in [9.17, 15) is 4.79 Å². The second kappa shape index (κ2) is 7.82. The summed E-state index contributed by atoms with van der Waals surface area (Å²) in [6.45, 7) is 2.45. The van der Waals surface area contributed by atoms with Crippen LogP contribution >= 0.6 is 15.9 Å². The third-order valence-electron chi connectivity index (χ3n) is 4.24. The number of nitrogens with zero attached hydrogens (tertiary/aromatic N) is 3. The maximum Gasteiger partial charge on any atom is 0.255 e. The predicted molar refractivity (Wildman–Crippen MR) is 110 cm³/mol.